The number of hydrogen-bond donors (Lipinski definition) is 0. The van der Waals surface area contributed by atoms with Crippen LogP contribution in [0.3, 0.4) is 0 Å². The Hall–Kier alpha value is 1.82. The third-order valence-electron chi connectivity index (χ3n) is 0.408. The minimum Gasteiger partial charge on any atom is -0.332 e. The first kappa shape index (κ1) is 42.8. The third-order valence-corrected chi connectivity index (χ3v) is 0.408. The van der Waals surface area contributed by atoms with Crippen molar-refractivity contribution in [3.8, 4) is 0 Å². The molecule has 3 heteroatoms. The molecule has 0 aromatic heterocycles. The Bertz CT molecular complexity index is 60.3. The fourth-order valence-electron chi connectivity index (χ4n) is 0. The van der Waals surface area contributed by atoms with Crippen LogP contribution in [0.15, 0.2) is 0 Å². The topological polar surface area (TPSA) is 0 Å². The molecule has 0 N–H and O–H groups in total. The van der Waals surface area contributed by atoms with Crippen LogP contribution in [0.5, 0.6) is 0 Å². The van der Waals surface area contributed by atoms with Gasteiger partial charge in [0.15, 0.2) is 0 Å². The van der Waals surface area contributed by atoms with Crippen molar-refractivity contribution in [2.75, 3.05) is 0 Å². The summed E-state index contributed by atoms with van der Waals surface area (Å²) in [5.41, 5.74) is 0. The largest absolute Gasteiger partial charge is 2.00 e. The molecular weight excluding hydrogens is 271 g/mol. The zero-order valence-corrected chi connectivity index (χ0v) is 19.5. The van der Waals surface area contributed by atoms with Gasteiger partial charge in [0.25, 0.3) is 0 Å². The summed E-state index contributed by atoms with van der Waals surface area (Å²) in [5, 5.41) is 0. The van der Waals surface area contributed by atoms with Gasteiger partial charge in [0, 0.05) is 0 Å². The standard InChI is InChI=1S/4C4H9.2Li.Zn/c3*1-4(2)3;1-3-4-2;;;/h3*1-3H3;3H,4H2,1-2H3;;;/q4*-1;2*+1;+2. The van der Waals surface area contributed by atoms with E-state index in [-0.39, 0.29) is 57.2 Å². The molecule has 0 aliphatic heterocycles. The average molecular weight is 308 g/mol. The first-order chi connectivity index (χ1) is 7.11. The van der Waals surface area contributed by atoms with Crippen molar-refractivity contribution >= 4 is 0 Å². The monoisotopic (exact) mass is 306 g/mol. The van der Waals surface area contributed by atoms with Gasteiger partial charge in [-0.05, 0) is 0 Å². The zero-order chi connectivity index (χ0) is 14.1. The van der Waals surface area contributed by atoms with Crippen LogP contribution in [0.4, 0.5) is 0 Å². The van der Waals surface area contributed by atoms with Gasteiger partial charge in [-0.1, -0.05) is 6.92 Å². The molecule has 0 spiro atoms. The van der Waals surface area contributed by atoms with E-state index in [2.05, 4.69) is 82.6 Å². The van der Waals surface area contributed by atoms with Gasteiger partial charge in [-0.15, -0.1) is 0 Å². The molecule has 0 atom stereocenters. The van der Waals surface area contributed by atoms with Crippen LogP contribution in [0.2, 0.25) is 0 Å². The molecular formula is C16H36Li2Zn. The number of unbranched alkanes of at least 4 members (excludes halogenated alkanes) is 1. The van der Waals surface area contributed by atoms with Crippen LogP contribution in [0, 0.1) is 24.2 Å². The second kappa shape index (κ2) is 42.7. The Morgan fingerprint density at radius 1 is 0.632 bits per heavy atom. The van der Waals surface area contributed by atoms with Crippen molar-refractivity contribution in [3.05, 3.63) is 24.2 Å². The van der Waals surface area contributed by atoms with Crippen LogP contribution < -0.4 is 37.7 Å². The molecule has 0 bridgehead atoms. The summed E-state index contributed by atoms with van der Waals surface area (Å²) in [5.74, 6) is 4.25. The number of rotatable bonds is 1. The number of hydrogen-bond acceptors (Lipinski definition) is 0. The first-order valence-corrected chi connectivity index (χ1v) is 6.19. The SMILES string of the molecule is C[C-](C)C.C[C-](C)C.C[C-](C)C.C[CH-]CC.[Li+].[Li+].[Zn+2]. The van der Waals surface area contributed by atoms with Crippen LogP contribution >= 0.6 is 0 Å². The Labute approximate surface area is 163 Å². The van der Waals surface area contributed by atoms with Crippen LogP contribution in [0.1, 0.15) is 82.6 Å². The predicted octanol–water partition coefficient (Wildman–Crippen LogP) is 0.488. The van der Waals surface area contributed by atoms with Crippen molar-refractivity contribution in [1.29, 1.82) is 0 Å². The third kappa shape index (κ3) is 792. The molecule has 0 rings (SSSR count). The molecule has 0 aliphatic carbocycles. The minimum atomic E-state index is 0. The zero-order valence-electron chi connectivity index (χ0n) is 16.5. The second-order valence-corrected chi connectivity index (χ2v) is 5.32. The van der Waals surface area contributed by atoms with E-state index in [1.54, 1.807) is 0 Å². The van der Waals surface area contributed by atoms with E-state index in [9.17, 15) is 0 Å². The molecule has 0 heterocycles. The normalized spacial score (nSPS) is 7.26. The van der Waals surface area contributed by atoms with Crippen molar-refractivity contribution < 1.29 is 57.2 Å². The fourth-order valence-corrected chi connectivity index (χ4v) is 0. The maximum Gasteiger partial charge on any atom is 2.00 e. The quantitative estimate of drug-likeness (QED) is 0.488. The molecule has 0 saturated heterocycles. The Morgan fingerprint density at radius 3 is 0.684 bits per heavy atom. The summed E-state index contributed by atoms with van der Waals surface area (Å²) in [6.07, 6.45) is 3.32. The Morgan fingerprint density at radius 2 is 0.684 bits per heavy atom. The molecule has 0 fully saturated rings. The molecule has 0 amide bonds. The van der Waals surface area contributed by atoms with Crippen molar-refractivity contribution in [3.63, 3.8) is 0 Å². The van der Waals surface area contributed by atoms with E-state index in [0.29, 0.717) is 0 Å². The van der Waals surface area contributed by atoms with Crippen molar-refractivity contribution in [1.82, 2.24) is 0 Å². The van der Waals surface area contributed by atoms with E-state index < -0.39 is 0 Å². The Balaban J connectivity index is -0.0000000192. The molecule has 0 aromatic rings. The van der Waals surface area contributed by atoms with E-state index in [0.717, 1.165) is 0 Å². The van der Waals surface area contributed by atoms with E-state index in [1.807, 2.05) is 0 Å². The van der Waals surface area contributed by atoms with Crippen LogP contribution in [-0.4, -0.2) is 0 Å². The van der Waals surface area contributed by atoms with Gasteiger partial charge < -0.3 is 24.2 Å². The average Bonchev–Trinajstić information content (AvgIpc) is 2.00. The molecule has 0 radical (unpaired) electrons. The summed E-state index contributed by atoms with van der Waals surface area (Å²) >= 11 is 0. The maximum atomic E-state index is 2.12. The molecule has 0 saturated carbocycles. The van der Waals surface area contributed by atoms with Gasteiger partial charge >= 0.3 is 57.2 Å². The summed E-state index contributed by atoms with van der Waals surface area (Å²) < 4.78 is 0. The predicted molar refractivity (Wildman–Crippen MR) is 81.1 cm³/mol. The molecule has 0 unspecified atom stereocenters. The van der Waals surface area contributed by atoms with Crippen LogP contribution in [0.25, 0.3) is 0 Å². The van der Waals surface area contributed by atoms with Gasteiger partial charge in [-0.25, -0.2) is 0 Å². The van der Waals surface area contributed by atoms with Gasteiger partial charge in [-0.3, -0.25) is 0 Å². The first-order valence-electron chi connectivity index (χ1n) is 6.19. The van der Waals surface area contributed by atoms with Crippen LogP contribution in [-0.2, 0) is 19.5 Å². The van der Waals surface area contributed by atoms with Gasteiger partial charge in [0.2, 0.25) is 0 Å². The molecule has 0 aliphatic rings. The summed E-state index contributed by atoms with van der Waals surface area (Å²) in [6, 6.07) is 0. The molecule has 19 heavy (non-hydrogen) atoms. The van der Waals surface area contributed by atoms with Gasteiger partial charge in [-0.2, -0.15) is 75.7 Å². The summed E-state index contributed by atoms with van der Waals surface area (Å²) in [7, 11) is 0. The molecule has 104 valence electrons. The van der Waals surface area contributed by atoms with Gasteiger partial charge in [0.1, 0.15) is 0 Å². The molecule has 0 nitrogen and oxygen atoms in total. The minimum absolute atomic E-state index is 0. The summed E-state index contributed by atoms with van der Waals surface area (Å²) in [4.78, 5) is 0. The fraction of sp³-hybridized carbons (Fsp3) is 0.750. The smallest absolute Gasteiger partial charge is 0.332 e. The van der Waals surface area contributed by atoms with Crippen molar-refractivity contribution in [2.45, 2.75) is 82.6 Å². The Kier molecular flexibility index (Phi) is 96.3. The molecule has 0 aromatic carbocycles. The van der Waals surface area contributed by atoms with Gasteiger partial charge in [0.05, 0.1) is 0 Å². The van der Waals surface area contributed by atoms with E-state index in [1.165, 1.54) is 24.2 Å². The van der Waals surface area contributed by atoms with E-state index in [4.69, 9.17) is 0 Å². The van der Waals surface area contributed by atoms with E-state index >= 15 is 0 Å². The maximum absolute atomic E-state index is 2.12. The van der Waals surface area contributed by atoms with Crippen molar-refractivity contribution in [2.24, 2.45) is 0 Å². The second-order valence-electron chi connectivity index (χ2n) is 5.32. The summed E-state index contributed by atoms with van der Waals surface area (Å²) in [6.45, 7) is 22.9.